The van der Waals surface area contributed by atoms with Gasteiger partial charge in [-0.15, -0.1) is 0 Å². The Labute approximate surface area is 175 Å². The van der Waals surface area contributed by atoms with E-state index in [0.717, 1.165) is 36.2 Å². The second-order valence-electron chi connectivity index (χ2n) is 6.97. The third-order valence-electron chi connectivity index (χ3n) is 4.81. The van der Waals surface area contributed by atoms with Gasteiger partial charge in [-0.3, -0.25) is 9.78 Å². The fourth-order valence-electron chi connectivity index (χ4n) is 3.31. The number of halogens is 3. The van der Waals surface area contributed by atoms with Crippen LogP contribution >= 0.6 is 11.3 Å². The highest BCUT2D eigenvalue weighted by Crippen LogP contribution is 2.38. The van der Waals surface area contributed by atoms with E-state index in [1.54, 1.807) is 12.1 Å². The van der Waals surface area contributed by atoms with E-state index in [4.69, 9.17) is 0 Å². The van der Waals surface area contributed by atoms with Crippen LogP contribution in [-0.2, 0) is 6.18 Å². The second-order valence-corrected chi connectivity index (χ2v) is 7.95. The van der Waals surface area contributed by atoms with E-state index in [1.165, 1.54) is 6.20 Å². The molecule has 3 heterocycles. The first-order valence-electron chi connectivity index (χ1n) is 9.57. The average Bonchev–Trinajstić information content (AvgIpc) is 3.22. The van der Waals surface area contributed by atoms with Crippen molar-refractivity contribution >= 4 is 28.1 Å². The highest BCUT2D eigenvalue weighted by molar-refractivity contribution is 7.17. The molecule has 5 nitrogen and oxygen atoms in total. The molecule has 1 saturated heterocycles. The number of pyridine rings is 1. The zero-order valence-corrected chi connectivity index (χ0v) is 16.8. The number of anilines is 2. The maximum absolute atomic E-state index is 13.5. The van der Waals surface area contributed by atoms with Crippen LogP contribution < -0.4 is 10.2 Å². The van der Waals surface area contributed by atoms with Gasteiger partial charge in [-0.1, -0.05) is 41.7 Å². The van der Waals surface area contributed by atoms with E-state index < -0.39 is 22.7 Å². The molecule has 0 aliphatic carbocycles. The van der Waals surface area contributed by atoms with E-state index in [-0.39, 0.29) is 5.13 Å². The van der Waals surface area contributed by atoms with Crippen LogP contribution in [0.4, 0.5) is 24.0 Å². The fourth-order valence-corrected chi connectivity index (χ4v) is 4.34. The Kier molecular flexibility index (Phi) is 5.72. The van der Waals surface area contributed by atoms with Gasteiger partial charge in [0.1, 0.15) is 4.88 Å². The van der Waals surface area contributed by atoms with Crippen molar-refractivity contribution < 1.29 is 18.0 Å². The zero-order chi connectivity index (χ0) is 21.1. The number of nitrogens with one attached hydrogen (secondary N) is 1. The molecule has 1 aromatic carbocycles. The van der Waals surface area contributed by atoms with Crippen LogP contribution in [-0.4, -0.2) is 29.0 Å². The van der Waals surface area contributed by atoms with Crippen LogP contribution in [0.5, 0.6) is 0 Å². The lowest BCUT2D eigenvalue weighted by Crippen LogP contribution is -2.29. The summed E-state index contributed by atoms with van der Waals surface area (Å²) in [6, 6.07) is 12.8. The van der Waals surface area contributed by atoms with E-state index in [1.807, 2.05) is 35.2 Å². The number of rotatable bonds is 4. The van der Waals surface area contributed by atoms with Crippen molar-refractivity contribution in [2.75, 3.05) is 23.3 Å². The number of piperidine rings is 1. The monoisotopic (exact) mass is 432 g/mol. The smallest absolute Gasteiger partial charge is 0.348 e. The minimum atomic E-state index is -4.70. The Bertz CT molecular complexity index is 1010. The maximum Gasteiger partial charge on any atom is 0.435 e. The Hall–Kier alpha value is -2.94. The number of benzene rings is 1. The van der Waals surface area contributed by atoms with Crippen LogP contribution in [0.15, 0.2) is 48.7 Å². The number of hydrogen-bond donors (Lipinski definition) is 1. The predicted octanol–water partition coefficient (Wildman–Crippen LogP) is 5.47. The molecule has 1 fully saturated rings. The van der Waals surface area contributed by atoms with E-state index in [0.29, 0.717) is 24.5 Å². The molecule has 1 N–H and O–H groups in total. The first kappa shape index (κ1) is 20.3. The van der Waals surface area contributed by atoms with Crippen LogP contribution in [0.25, 0.3) is 11.3 Å². The number of amides is 1. The molecule has 1 amide bonds. The van der Waals surface area contributed by atoms with Crippen molar-refractivity contribution in [1.82, 2.24) is 9.97 Å². The number of carbonyl (C=O) groups excluding carboxylic acids is 1. The van der Waals surface area contributed by atoms with Crippen molar-refractivity contribution in [2.45, 2.75) is 25.4 Å². The summed E-state index contributed by atoms with van der Waals surface area (Å²) in [4.78, 5) is 22.1. The maximum atomic E-state index is 13.5. The van der Waals surface area contributed by atoms with Crippen molar-refractivity contribution in [2.24, 2.45) is 0 Å². The molecular formula is C21H19F3N4OS. The number of nitrogens with zero attached hydrogens (tertiary/aromatic N) is 3. The van der Waals surface area contributed by atoms with Crippen molar-refractivity contribution in [1.29, 1.82) is 0 Å². The molecule has 4 rings (SSSR count). The van der Waals surface area contributed by atoms with Gasteiger partial charge in [0.2, 0.25) is 0 Å². The summed E-state index contributed by atoms with van der Waals surface area (Å²) < 4.78 is 40.5. The first-order chi connectivity index (χ1) is 14.4. The lowest BCUT2D eigenvalue weighted by molar-refractivity contribution is -0.141. The molecule has 1 aliphatic rings. The molecule has 1 aliphatic heterocycles. The lowest BCUT2D eigenvalue weighted by atomic mass is 10.1. The largest absolute Gasteiger partial charge is 0.435 e. The Balaban J connectivity index is 1.55. The van der Waals surface area contributed by atoms with Crippen molar-refractivity contribution in [3.05, 3.63) is 59.2 Å². The van der Waals surface area contributed by atoms with Gasteiger partial charge in [0.15, 0.2) is 10.8 Å². The first-order valence-corrected chi connectivity index (χ1v) is 10.4. The minimum Gasteiger partial charge on any atom is -0.348 e. The van der Waals surface area contributed by atoms with Crippen LogP contribution in [0, 0.1) is 0 Å². The quantitative estimate of drug-likeness (QED) is 0.594. The van der Waals surface area contributed by atoms with Gasteiger partial charge in [0, 0.05) is 18.7 Å². The standard InChI is InChI=1S/C21H19F3N4OS/c22-21(23,24)18-17(30-20(27-18)28-11-5-2-6-12-28)19(29)26-15-9-10-16(25-13-15)14-7-3-1-4-8-14/h1,3-4,7-10,13H,2,5-6,11-12H2,(H,26,29). The van der Waals surface area contributed by atoms with Gasteiger partial charge in [-0.05, 0) is 31.4 Å². The zero-order valence-electron chi connectivity index (χ0n) is 15.9. The van der Waals surface area contributed by atoms with Crippen LogP contribution in [0.1, 0.15) is 34.6 Å². The molecule has 9 heteroatoms. The van der Waals surface area contributed by atoms with E-state index in [2.05, 4.69) is 15.3 Å². The number of thiazole rings is 1. The predicted molar refractivity (Wildman–Crippen MR) is 111 cm³/mol. The molecular weight excluding hydrogens is 413 g/mol. The molecule has 0 unspecified atom stereocenters. The van der Waals surface area contributed by atoms with E-state index in [9.17, 15) is 18.0 Å². The summed E-state index contributed by atoms with van der Waals surface area (Å²) in [5.74, 6) is -0.836. The summed E-state index contributed by atoms with van der Waals surface area (Å²) in [5.41, 5.74) is 0.790. The van der Waals surface area contributed by atoms with Crippen LogP contribution in [0.3, 0.4) is 0 Å². The summed E-state index contributed by atoms with van der Waals surface area (Å²) in [5, 5.41) is 2.76. The number of hydrogen-bond acceptors (Lipinski definition) is 5. The number of aromatic nitrogens is 2. The lowest BCUT2D eigenvalue weighted by Gasteiger charge is -2.25. The highest BCUT2D eigenvalue weighted by atomic mass is 32.1. The number of alkyl halides is 3. The molecule has 0 saturated carbocycles. The summed E-state index contributed by atoms with van der Waals surface area (Å²) >= 11 is 0.783. The van der Waals surface area contributed by atoms with Crippen molar-refractivity contribution in [3.8, 4) is 11.3 Å². The van der Waals surface area contributed by atoms with E-state index >= 15 is 0 Å². The molecule has 0 bridgehead atoms. The minimum absolute atomic E-state index is 0.240. The van der Waals surface area contributed by atoms with Gasteiger partial charge < -0.3 is 10.2 Å². The average molecular weight is 432 g/mol. The SMILES string of the molecule is O=C(Nc1ccc(-c2ccccc2)nc1)c1sc(N2CCCCC2)nc1C(F)(F)F. The summed E-state index contributed by atoms with van der Waals surface area (Å²) in [7, 11) is 0. The summed E-state index contributed by atoms with van der Waals surface area (Å²) in [6.45, 7) is 1.30. The third kappa shape index (κ3) is 4.46. The Morgan fingerprint density at radius 1 is 1.03 bits per heavy atom. The van der Waals surface area contributed by atoms with Gasteiger partial charge in [0.25, 0.3) is 5.91 Å². The molecule has 30 heavy (non-hydrogen) atoms. The topological polar surface area (TPSA) is 58.1 Å². The van der Waals surface area contributed by atoms with Crippen LogP contribution in [0.2, 0.25) is 0 Å². The normalized spacial score (nSPS) is 14.6. The Morgan fingerprint density at radius 2 is 1.77 bits per heavy atom. The van der Waals surface area contributed by atoms with Gasteiger partial charge in [0.05, 0.1) is 17.6 Å². The van der Waals surface area contributed by atoms with Gasteiger partial charge in [-0.2, -0.15) is 13.2 Å². The molecule has 3 aromatic rings. The molecule has 2 aromatic heterocycles. The fraction of sp³-hybridized carbons (Fsp3) is 0.286. The second kappa shape index (κ2) is 8.43. The third-order valence-corrected chi connectivity index (χ3v) is 5.92. The molecule has 0 radical (unpaired) electrons. The van der Waals surface area contributed by atoms with Gasteiger partial charge in [-0.25, -0.2) is 4.98 Å². The molecule has 0 spiro atoms. The molecule has 156 valence electrons. The van der Waals surface area contributed by atoms with Crippen molar-refractivity contribution in [3.63, 3.8) is 0 Å². The molecule has 0 atom stereocenters. The number of carbonyl (C=O) groups is 1. The highest BCUT2D eigenvalue weighted by Gasteiger charge is 2.40. The van der Waals surface area contributed by atoms with Gasteiger partial charge >= 0.3 is 6.18 Å². The summed E-state index contributed by atoms with van der Waals surface area (Å²) in [6.07, 6.45) is -0.413. The Morgan fingerprint density at radius 3 is 2.40 bits per heavy atom.